The van der Waals surface area contributed by atoms with Crippen molar-refractivity contribution in [3.8, 4) is 0 Å². The van der Waals surface area contributed by atoms with Crippen molar-refractivity contribution in [3.63, 3.8) is 0 Å². The summed E-state index contributed by atoms with van der Waals surface area (Å²) in [5, 5.41) is 0. The Morgan fingerprint density at radius 3 is 2.35 bits per heavy atom. The Morgan fingerprint density at radius 2 is 1.88 bits per heavy atom. The highest BCUT2D eigenvalue weighted by Gasteiger charge is 2.48. The van der Waals surface area contributed by atoms with E-state index in [9.17, 15) is 13.2 Å². The first-order chi connectivity index (χ1) is 7.97. The van der Waals surface area contributed by atoms with Gasteiger partial charge in [0.1, 0.15) is 6.10 Å². The lowest BCUT2D eigenvalue weighted by Crippen LogP contribution is -2.41. The molecule has 0 spiro atoms. The van der Waals surface area contributed by atoms with Gasteiger partial charge in [0.05, 0.1) is 13.2 Å². The third kappa shape index (κ3) is 2.90. The van der Waals surface area contributed by atoms with E-state index in [0.29, 0.717) is 12.8 Å². The van der Waals surface area contributed by atoms with Crippen LogP contribution in [0.25, 0.3) is 0 Å². The van der Waals surface area contributed by atoms with E-state index in [0.717, 1.165) is 24.3 Å². The summed E-state index contributed by atoms with van der Waals surface area (Å²) >= 11 is 0. The minimum Gasteiger partial charge on any atom is -0.452 e. The summed E-state index contributed by atoms with van der Waals surface area (Å²) in [6, 6.07) is -0.447. The van der Waals surface area contributed by atoms with Crippen molar-refractivity contribution in [2.45, 2.75) is 51.7 Å². The highest BCUT2D eigenvalue weighted by molar-refractivity contribution is 7.85. The summed E-state index contributed by atoms with van der Waals surface area (Å²) in [6.45, 7) is 3.88. The summed E-state index contributed by atoms with van der Waals surface area (Å²) < 4.78 is 33.7. The standard InChI is InChI=1S/C10H19NO5S/c1-4-6-8-9(7-5-2)16-17(13,14)11(8)10(12)15-3/h8-9H,4-7H2,1-3H3/t8-,9-/m0/s1. The molecule has 6 nitrogen and oxygen atoms in total. The van der Waals surface area contributed by atoms with Crippen LogP contribution in [0, 0.1) is 0 Å². The molecule has 1 amide bonds. The zero-order valence-electron chi connectivity index (χ0n) is 10.4. The van der Waals surface area contributed by atoms with Gasteiger partial charge >= 0.3 is 16.4 Å². The van der Waals surface area contributed by atoms with Gasteiger partial charge in [0.15, 0.2) is 0 Å². The molecule has 17 heavy (non-hydrogen) atoms. The predicted octanol–water partition coefficient (Wildman–Crippen LogP) is 1.67. The Morgan fingerprint density at radius 1 is 1.29 bits per heavy atom. The van der Waals surface area contributed by atoms with Crippen molar-refractivity contribution in [1.29, 1.82) is 0 Å². The average Bonchev–Trinajstić information content (AvgIpc) is 2.50. The molecule has 100 valence electrons. The van der Waals surface area contributed by atoms with Gasteiger partial charge in [-0.2, -0.15) is 12.7 Å². The smallest absolute Gasteiger partial charge is 0.425 e. The molecule has 2 atom stereocenters. The Kier molecular flexibility index (Phi) is 4.76. The van der Waals surface area contributed by atoms with E-state index in [4.69, 9.17) is 4.18 Å². The maximum atomic E-state index is 11.7. The van der Waals surface area contributed by atoms with Gasteiger partial charge in [0, 0.05) is 0 Å². The lowest BCUT2D eigenvalue weighted by molar-refractivity contribution is 0.127. The van der Waals surface area contributed by atoms with Crippen LogP contribution in [0.1, 0.15) is 39.5 Å². The molecule has 1 heterocycles. The van der Waals surface area contributed by atoms with E-state index >= 15 is 0 Å². The van der Waals surface area contributed by atoms with E-state index in [-0.39, 0.29) is 0 Å². The first-order valence-corrected chi connectivity index (χ1v) is 7.15. The van der Waals surface area contributed by atoms with E-state index in [1.807, 2.05) is 13.8 Å². The number of ether oxygens (including phenoxy) is 1. The number of amides is 1. The Bertz CT molecular complexity index is 367. The lowest BCUT2D eigenvalue weighted by atomic mass is 10.0. The summed E-state index contributed by atoms with van der Waals surface area (Å²) in [5.41, 5.74) is 0. The molecule has 0 N–H and O–H groups in total. The van der Waals surface area contributed by atoms with Gasteiger partial charge in [-0.05, 0) is 12.8 Å². The zero-order valence-corrected chi connectivity index (χ0v) is 11.2. The van der Waals surface area contributed by atoms with E-state index in [1.54, 1.807) is 0 Å². The van der Waals surface area contributed by atoms with Gasteiger partial charge < -0.3 is 4.74 Å². The molecule has 1 aliphatic rings. The largest absolute Gasteiger partial charge is 0.452 e. The molecule has 1 aliphatic heterocycles. The quantitative estimate of drug-likeness (QED) is 0.773. The van der Waals surface area contributed by atoms with Crippen LogP contribution >= 0.6 is 0 Å². The summed E-state index contributed by atoms with van der Waals surface area (Å²) in [7, 11) is -2.82. The van der Waals surface area contributed by atoms with Crippen LogP contribution in [-0.4, -0.2) is 38.1 Å². The molecule has 0 aliphatic carbocycles. The van der Waals surface area contributed by atoms with E-state index < -0.39 is 28.5 Å². The molecule has 0 saturated carbocycles. The molecule has 1 saturated heterocycles. The van der Waals surface area contributed by atoms with Crippen LogP contribution in [0.3, 0.4) is 0 Å². The van der Waals surface area contributed by atoms with Crippen molar-refractivity contribution >= 4 is 16.4 Å². The SMILES string of the molecule is CCC[C@@H]1OS(=O)(=O)N(C(=O)OC)[C@H]1CCC. The van der Waals surface area contributed by atoms with Gasteiger partial charge in [-0.1, -0.05) is 26.7 Å². The molecule has 7 heteroatoms. The first-order valence-electron chi connectivity index (χ1n) is 5.78. The topological polar surface area (TPSA) is 72.9 Å². The van der Waals surface area contributed by atoms with Crippen molar-refractivity contribution in [2.24, 2.45) is 0 Å². The van der Waals surface area contributed by atoms with Crippen LogP contribution in [0.4, 0.5) is 4.79 Å². The number of hydrogen-bond donors (Lipinski definition) is 0. The Labute approximate surface area is 102 Å². The molecule has 1 rings (SSSR count). The van der Waals surface area contributed by atoms with Crippen molar-refractivity contribution < 1.29 is 22.1 Å². The Balaban J connectivity index is 3.00. The van der Waals surface area contributed by atoms with Crippen molar-refractivity contribution in [3.05, 3.63) is 0 Å². The molecule has 0 bridgehead atoms. The van der Waals surface area contributed by atoms with Crippen LogP contribution < -0.4 is 0 Å². The maximum Gasteiger partial charge on any atom is 0.425 e. The number of carbonyl (C=O) groups excluding carboxylic acids is 1. The summed E-state index contributed by atoms with van der Waals surface area (Å²) in [5.74, 6) is 0. The van der Waals surface area contributed by atoms with Crippen molar-refractivity contribution in [2.75, 3.05) is 7.11 Å². The van der Waals surface area contributed by atoms with E-state index in [2.05, 4.69) is 4.74 Å². The zero-order chi connectivity index (χ0) is 13.1. The highest BCUT2D eigenvalue weighted by Crippen LogP contribution is 2.31. The fourth-order valence-corrected chi connectivity index (χ4v) is 3.48. The second-order valence-electron chi connectivity index (χ2n) is 4.00. The first kappa shape index (κ1) is 14.2. The molecule has 1 fully saturated rings. The van der Waals surface area contributed by atoms with Gasteiger partial charge in [-0.25, -0.2) is 8.98 Å². The molecule has 0 aromatic carbocycles. The number of nitrogens with zero attached hydrogens (tertiary/aromatic N) is 1. The monoisotopic (exact) mass is 265 g/mol. The lowest BCUT2D eigenvalue weighted by Gasteiger charge is -2.21. The third-order valence-electron chi connectivity index (χ3n) is 2.73. The maximum absolute atomic E-state index is 11.7. The summed E-state index contributed by atoms with van der Waals surface area (Å²) in [4.78, 5) is 11.5. The molecule has 0 unspecified atom stereocenters. The minimum atomic E-state index is -3.98. The number of carbonyl (C=O) groups is 1. The fourth-order valence-electron chi connectivity index (χ4n) is 2.02. The Hall–Kier alpha value is -0.820. The number of hydrogen-bond acceptors (Lipinski definition) is 5. The van der Waals surface area contributed by atoms with E-state index in [1.165, 1.54) is 0 Å². The number of methoxy groups -OCH3 is 1. The molecule has 0 aromatic heterocycles. The highest BCUT2D eigenvalue weighted by atomic mass is 32.2. The van der Waals surface area contributed by atoms with Crippen LogP contribution in [0.15, 0.2) is 0 Å². The third-order valence-corrected chi connectivity index (χ3v) is 4.12. The number of rotatable bonds is 4. The van der Waals surface area contributed by atoms with Crippen molar-refractivity contribution in [1.82, 2.24) is 4.31 Å². The van der Waals surface area contributed by atoms with Gasteiger partial charge in [0.2, 0.25) is 0 Å². The molecular formula is C10H19NO5S. The normalized spacial score (nSPS) is 27.1. The van der Waals surface area contributed by atoms with Crippen LogP contribution in [-0.2, 0) is 19.2 Å². The van der Waals surface area contributed by atoms with Gasteiger partial charge in [0.25, 0.3) is 0 Å². The van der Waals surface area contributed by atoms with Gasteiger partial charge in [-0.15, -0.1) is 0 Å². The van der Waals surface area contributed by atoms with Gasteiger partial charge in [-0.3, -0.25) is 0 Å². The second kappa shape index (κ2) is 5.68. The van der Waals surface area contributed by atoms with Crippen LogP contribution in [0.2, 0.25) is 0 Å². The minimum absolute atomic E-state index is 0.447. The average molecular weight is 265 g/mol. The molecular weight excluding hydrogens is 246 g/mol. The predicted molar refractivity (Wildman–Crippen MR) is 61.6 cm³/mol. The summed E-state index contributed by atoms with van der Waals surface area (Å²) in [6.07, 6.45) is 1.44. The molecule has 0 radical (unpaired) electrons. The molecule has 0 aromatic rings. The van der Waals surface area contributed by atoms with Crippen LogP contribution in [0.5, 0.6) is 0 Å². The second-order valence-corrected chi connectivity index (χ2v) is 5.44. The fraction of sp³-hybridized carbons (Fsp3) is 0.900.